The molecule has 0 aromatic heterocycles. The zero-order chi connectivity index (χ0) is 19.2. The van der Waals surface area contributed by atoms with Crippen LogP contribution >= 0.6 is 0 Å². The van der Waals surface area contributed by atoms with Gasteiger partial charge < -0.3 is 15.0 Å². The molecule has 1 unspecified atom stereocenters. The third-order valence-corrected chi connectivity index (χ3v) is 4.46. The van der Waals surface area contributed by atoms with E-state index in [9.17, 15) is 9.59 Å². The lowest BCUT2D eigenvalue weighted by atomic mass is 10.2. The summed E-state index contributed by atoms with van der Waals surface area (Å²) in [7, 11) is 0. The average molecular weight is 363 g/mol. The average Bonchev–Trinajstić information content (AvgIpc) is 3.23. The number of rotatable bonds is 5. The summed E-state index contributed by atoms with van der Waals surface area (Å²) in [4.78, 5) is 26.5. The van der Waals surface area contributed by atoms with Crippen molar-refractivity contribution in [2.24, 2.45) is 0 Å². The monoisotopic (exact) mass is 363 g/mol. The molecule has 27 heavy (non-hydrogen) atoms. The summed E-state index contributed by atoms with van der Waals surface area (Å²) in [6.07, 6.45) is 1.40. The number of carbonyl (C=O) groups is 2. The van der Waals surface area contributed by atoms with Crippen molar-refractivity contribution in [3.8, 4) is 11.8 Å². The summed E-state index contributed by atoms with van der Waals surface area (Å²) in [6, 6.07) is 15.5. The molecule has 2 amide bonds. The topological polar surface area (TPSA) is 82.4 Å². The number of anilines is 1. The number of benzene rings is 2. The van der Waals surface area contributed by atoms with Crippen LogP contribution in [0.15, 0.2) is 48.5 Å². The zero-order valence-corrected chi connectivity index (χ0v) is 15.1. The molecule has 1 fully saturated rings. The molecule has 1 N–H and O–H groups in total. The smallest absolute Gasteiger partial charge is 0.265 e. The molecule has 0 saturated carbocycles. The van der Waals surface area contributed by atoms with Crippen molar-refractivity contribution in [1.29, 1.82) is 5.26 Å². The van der Waals surface area contributed by atoms with Crippen molar-refractivity contribution in [1.82, 2.24) is 4.90 Å². The lowest BCUT2D eigenvalue weighted by Crippen LogP contribution is -2.30. The zero-order valence-electron chi connectivity index (χ0n) is 15.1. The van der Waals surface area contributed by atoms with Gasteiger partial charge in [-0.3, -0.25) is 9.59 Å². The molecule has 2 aromatic carbocycles. The van der Waals surface area contributed by atoms with Crippen LogP contribution in [0.1, 0.15) is 35.7 Å². The highest BCUT2D eigenvalue weighted by Gasteiger charge is 2.20. The third kappa shape index (κ3) is 4.64. The summed E-state index contributed by atoms with van der Waals surface area (Å²) in [5.74, 6) is 0.254. The van der Waals surface area contributed by atoms with Gasteiger partial charge >= 0.3 is 0 Å². The molecule has 1 aliphatic rings. The Balaban J connectivity index is 1.56. The molecule has 138 valence electrons. The van der Waals surface area contributed by atoms with Crippen LogP contribution in [0, 0.1) is 11.3 Å². The maximum atomic E-state index is 12.3. The lowest BCUT2D eigenvalue weighted by Gasteiger charge is -2.16. The standard InChI is InChI=1S/C21H21N3O3/c1-15(27-19-10-4-16(14-22)5-11-19)20(25)23-18-8-6-17(7-9-18)21(26)24-12-2-3-13-24/h4-11,15H,2-3,12-13H2,1H3,(H,23,25). The maximum absolute atomic E-state index is 12.3. The van der Waals surface area contributed by atoms with E-state index in [4.69, 9.17) is 10.00 Å². The van der Waals surface area contributed by atoms with Crippen LogP contribution in [-0.2, 0) is 4.79 Å². The Labute approximate surface area is 158 Å². The molecule has 2 aromatic rings. The van der Waals surface area contributed by atoms with Gasteiger partial charge in [-0.15, -0.1) is 0 Å². The van der Waals surface area contributed by atoms with Gasteiger partial charge in [-0.2, -0.15) is 5.26 Å². The largest absolute Gasteiger partial charge is 0.481 e. The van der Waals surface area contributed by atoms with Crippen LogP contribution in [-0.4, -0.2) is 35.9 Å². The Morgan fingerprint density at radius 1 is 1.07 bits per heavy atom. The van der Waals surface area contributed by atoms with Crippen LogP contribution in [0.5, 0.6) is 5.75 Å². The van der Waals surface area contributed by atoms with Crippen molar-refractivity contribution < 1.29 is 14.3 Å². The fraction of sp³-hybridized carbons (Fsp3) is 0.286. The van der Waals surface area contributed by atoms with Crippen molar-refractivity contribution in [3.63, 3.8) is 0 Å². The van der Waals surface area contributed by atoms with Gasteiger partial charge in [-0.05, 0) is 68.3 Å². The summed E-state index contributed by atoms with van der Waals surface area (Å²) < 4.78 is 5.60. The van der Waals surface area contributed by atoms with Crippen LogP contribution in [0.2, 0.25) is 0 Å². The summed E-state index contributed by atoms with van der Waals surface area (Å²) in [6.45, 7) is 3.27. The van der Waals surface area contributed by atoms with Crippen molar-refractivity contribution in [2.45, 2.75) is 25.9 Å². The minimum atomic E-state index is -0.705. The summed E-state index contributed by atoms with van der Waals surface area (Å²) >= 11 is 0. The molecular formula is C21H21N3O3. The summed E-state index contributed by atoms with van der Waals surface area (Å²) in [5, 5.41) is 11.6. The molecule has 1 heterocycles. The second kappa shape index (κ2) is 8.37. The van der Waals surface area contributed by atoms with Gasteiger partial charge in [0.1, 0.15) is 5.75 Å². The molecule has 0 bridgehead atoms. The first kappa shape index (κ1) is 18.5. The minimum Gasteiger partial charge on any atom is -0.481 e. The van der Waals surface area contributed by atoms with E-state index in [0.29, 0.717) is 22.6 Å². The first-order valence-electron chi connectivity index (χ1n) is 8.94. The molecule has 0 radical (unpaired) electrons. The van der Waals surface area contributed by atoms with E-state index in [-0.39, 0.29) is 11.8 Å². The molecule has 3 rings (SSSR count). The minimum absolute atomic E-state index is 0.0305. The summed E-state index contributed by atoms with van der Waals surface area (Å²) in [5.41, 5.74) is 1.76. The van der Waals surface area contributed by atoms with Gasteiger partial charge in [0.15, 0.2) is 6.10 Å². The van der Waals surface area contributed by atoms with Crippen molar-refractivity contribution >= 4 is 17.5 Å². The molecule has 6 nitrogen and oxygen atoms in total. The van der Waals surface area contributed by atoms with E-state index >= 15 is 0 Å². The molecular weight excluding hydrogens is 342 g/mol. The Kier molecular flexibility index (Phi) is 5.72. The van der Waals surface area contributed by atoms with Crippen LogP contribution in [0.25, 0.3) is 0 Å². The molecule has 1 aliphatic heterocycles. The number of carbonyl (C=O) groups excluding carboxylic acids is 2. The molecule has 6 heteroatoms. The first-order valence-corrected chi connectivity index (χ1v) is 8.94. The number of nitriles is 1. The van der Waals surface area contributed by atoms with Crippen LogP contribution < -0.4 is 10.1 Å². The van der Waals surface area contributed by atoms with E-state index in [0.717, 1.165) is 25.9 Å². The Hall–Kier alpha value is -3.33. The molecule has 0 spiro atoms. The number of hydrogen-bond acceptors (Lipinski definition) is 4. The SMILES string of the molecule is CC(Oc1ccc(C#N)cc1)C(=O)Nc1ccc(C(=O)N2CCCC2)cc1. The van der Waals surface area contributed by atoms with E-state index in [1.54, 1.807) is 55.5 Å². The Morgan fingerprint density at radius 3 is 2.30 bits per heavy atom. The van der Waals surface area contributed by atoms with Gasteiger partial charge in [0.25, 0.3) is 11.8 Å². The van der Waals surface area contributed by atoms with Gasteiger partial charge in [0.05, 0.1) is 11.6 Å². The van der Waals surface area contributed by atoms with Gasteiger partial charge in [0, 0.05) is 24.3 Å². The van der Waals surface area contributed by atoms with Gasteiger partial charge in [-0.1, -0.05) is 0 Å². The van der Waals surface area contributed by atoms with Gasteiger partial charge in [-0.25, -0.2) is 0 Å². The van der Waals surface area contributed by atoms with E-state index in [2.05, 4.69) is 5.32 Å². The highest BCUT2D eigenvalue weighted by Crippen LogP contribution is 2.17. The number of likely N-dealkylation sites (tertiary alicyclic amines) is 1. The van der Waals surface area contributed by atoms with Gasteiger partial charge in [0.2, 0.25) is 0 Å². The Morgan fingerprint density at radius 2 is 1.70 bits per heavy atom. The predicted octanol–water partition coefficient (Wildman–Crippen LogP) is 3.20. The van der Waals surface area contributed by atoms with Crippen LogP contribution in [0.3, 0.4) is 0 Å². The number of ether oxygens (including phenoxy) is 1. The molecule has 1 atom stereocenters. The number of amides is 2. The van der Waals surface area contributed by atoms with Crippen LogP contribution in [0.4, 0.5) is 5.69 Å². The number of nitrogens with one attached hydrogen (secondary N) is 1. The third-order valence-electron chi connectivity index (χ3n) is 4.46. The number of hydrogen-bond donors (Lipinski definition) is 1. The second-order valence-corrected chi connectivity index (χ2v) is 6.46. The first-order chi connectivity index (χ1) is 13.1. The second-order valence-electron chi connectivity index (χ2n) is 6.46. The maximum Gasteiger partial charge on any atom is 0.265 e. The fourth-order valence-electron chi connectivity index (χ4n) is 2.91. The fourth-order valence-corrected chi connectivity index (χ4v) is 2.91. The highest BCUT2D eigenvalue weighted by molar-refractivity contribution is 5.97. The molecule has 1 saturated heterocycles. The van der Waals surface area contributed by atoms with Crippen molar-refractivity contribution in [3.05, 3.63) is 59.7 Å². The predicted molar refractivity (Wildman–Crippen MR) is 101 cm³/mol. The van der Waals surface area contributed by atoms with E-state index < -0.39 is 6.10 Å². The lowest BCUT2D eigenvalue weighted by molar-refractivity contribution is -0.122. The van der Waals surface area contributed by atoms with Crippen molar-refractivity contribution in [2.75, 3.05) is 18.4 Å². The molecule has 0 aliphatic carbocycles. The Bertz CT molecular complexity index is 848. The quantitative estimate of drug-likeness (QED) is 0.884. The number of nitrogens with zero attached hydrogens (tertiary/aromatic N) is 2. The van der Waals surface area contributed by atoms with E-state index in [1.807, 2.05) is 11.0 Å². The highest BCUT2D eigenvalue weighted by atomic mass is 16.5. The normalized spacial score (nSPS) is 14.3. The van der Waals surface area contributed by atoms with E-state index in [1.165, 1.54) is 0 Å².